The highest BCUT2D eigenvalue weighted by molar-refractivity contribution is 7.99. The lowest BCUT2D eigenvalue weighted by Gasteiger charge is -2.29. The van der Waals surface area contributed by atoms with E-state index >= 15 is 0 Å². The molecule has 34 heavy (non-hydrogen) atoms. The first-order chi connectivity index (χ1) is 16.4. The largest absolute Gasteiger partial charge is 0.328 e. The number of amides is 1. The summed E-state index contributed by atoms with van der Waals surface area (Å²) in [6.07, 6.45) is 2.25. The van der Waals surface area contributed by atoms with Crippen LogP contribution in [0, 0.1) is 6.92 Å². The fourth-order valence-electron chi connectivity index (χ4n) is 4.09. The second-order valence-corrected chi connectivity index (χ2v) is 10.1. The van der Waals surface area contributed by atoms with Crippen LogP contribution in [-0.4, -0.2) is 26.4 Å². The number of carbonyl (C=O) groups is 1. The van der Waals surface area contributed by atoms with Crippen molar-refractivity contribution in [3.8, 4) is 0 Å². The molecule has 2 heterocycles. The summed E-state index contributed by atoms with van der Waals surface area (Å²) in [5.41, 5.74) is 5.57. The molecule has 7 heteroatoms. The average Bonchev–Trinajstić information content (AvgIpc) is 3.20. The van der Waals surface area contributed by atoms with Crippen LogP contribution in [0.25, 0.3) is 0 Å². The lowest BCUT2D eigenvalue weighted by atomic mass is 9.92. The van der Waals surface area contributed by atoms with E-state index in [1.165, 1.54) is 5.56 Å². The maximum atomic E-state index is 13.6. The van der Waals surface area contributed by atoms with Gasteiger partial charge in [-0.3, -0.25) is 4.79 Å². The molecular formula is C27H33N5OS. The monoisotopic (exact) mass is 475 g/mol. The minimum absolute atomic E-state index is 0.144. The van der Waals surface area contributed by atoms with E-state index in [9.17, 15) is 4.79 Å². The Hall–Kier alpha value is -3.06. The normalized spacial score (nSPS) is 15.3. The highest BCUT2D eigenvalue weighted by Crippen LogP contribution is 2.37. The van der Waals surface area contributed by atoms with Crippen LogP contribution in [0.3, 0.4) is 0 Å². The molecule has 0 bridgehead atoms. The second-order valence-electron chi connectivity index (χ2n) is 9.08. The Morgan fingerprint density at radius 1 is 1.18 bits per heavy atom. The standard InChI is InChI=1S/C27H33N5OS/c1-6-7-15-34-27-30-26-28-19(5)23(25(33)29-22-10-8-9-18(4)16-22)24(32(26)31-27)21-13-11-20(12-14-21)17(2)3/h8-14,16-17,24H,6-7,15H2,1-5H3,(H,29,33)(H,28,30,31). The maximum absolute atomic E-state index is 13.6. The van der Waals surface area contributed by atoms with Crippen molar-refractivity contribution in [2.24, 2.45) is 0 Å². The third-order valence-corrected chi connectivity index (χ3v) is 6.93. The summed E-state index contributed by atoms with van der Waals surface area (Å²) < 4.78 is 1.86. The highest BCUT2D eigenvalue weighted by atomic mass is 32.2. The number of rotatable bonds is 8. The van der Waals surface area contributed by atoms with Gasteiger partial charge in [-0.2, -0.15) is 4.98 Å². The molecule has 0 saturated carbocycles. The van der Waals surface area contributed by atoms with Crippen LogP contribution >= 0.6 is 11.8 Å². The van der Waals surface area contributed by atoms with Crippen LogP contribution in [0.5, 0.6) is 0 Å². The maximum Gasteiger partial charge on any atom is 0.255 e. The van der Waals surface area contributed by atoms with Gasteiger partial charge in [-0.25, -0.2) is 4.68 Å². The van der Waals surface area contributed by atoms with E-state index in [4.69, 9.17) is 10.1 Å². The Kier molecular flexibility index (Phi) is 7.41. The summed E-state index contributed by atoms with van der Waals surface area (Å²) in [5, 5.41) is 12.0. The number of benzene rings is 2. The predicted octanol–water partition coefficient (Wildman–Crippen LogP) is 6.53. The third kappa shape index (κ3) is 5.20. The summed E-state index contributed by atoms with van der Waals surface area (Å²) in [4.78, 5) is 18.3. The van der Waals surface area contributed by atoms with E-state index in [0.29, 0.717) is 17.4 Å². The van der Waals surface area contributed by atoms with Gasteiger partial charge in [-0.15, -0.1) is 5.10 Å². The molecular weight excluding hydrogens is 442 g/mol. The van der Waals surface area contributed by atoms with Crippen LogP contribution in [0.1, 0.15) is 69.2 Å². The molecule has 1 unspecified atom stereocenters. The Labute approximate surface area is 206 Å². The number of hydrogen-bond acceptors (Lipinski definition) is 5. The fourth-order valence-corrected chi connectivity index (χ4v) is 5.00. The van der Waals surface area contributed by atoms with Crippen molar-refractivity contribution in [2.75, 3.05) is 16.4 Å². The van der Waals surface area contributed by atoms with Crippen molar-refractivity contribution in [2.45, 2.75) is 64.6 Å². The zero-order chi connectivity index (χ0) is 24.2. The Morgan fingerprint density at radius 2 is 1.94 bits per heavy atom. The summed E-state index contributed by atoms with van der Waals surface area (Å²) in [7, 11) is 0. The fraction of sp³-hybridized carbons (Fsp3) is 0.370. The van der Waals surface area contributed by atoms with Crippen molar-refractivity contribution < 1.29 is 4.79 Å². The van der Waals surface area contributed by atoms with Gasteiger partial charge in [0.25, 0.3) is 5.91 Å². The lowest BCUT2D eigenvalue weighted by Crippen LogP contribution is -2.31. The summed E-state index contributed by atoms with van der Waals surface area (Å²) >= 11 is 1.66. The lowest BCUT2D eigenvalue weighted by molar-refractivity contribution is -0.113. The van der Waals surface area contributed by atoms with Crippen LogP contribution in [-0.2, 0) is 4.79 Å². The number of nitrogens with one attached hydrogen (secondary N) is 2. The molecule has 1 aromatic heterocycles. The summed E-state index contributed by atoms with van der Waals surface area (Å²) in [5.74, 6) is 1.93. The van der Waals surface area contributed by atoms with E-state index in [1.54, 1.807) is 11.8 Å². The molecule has 1 aliphatic heterocycles. The first-order valence-corrected chi connectivity index (χ1v) is 12.9. The van der Waals surface area contributed by atoms with Gasteiger partial charge in [0.05, 0.1) is 5.57 Å². The highest BCUT2D eigenvalue weighted by Gasteiger charge is 2.34. The second kappa shape index (κ2) is 10.5. The molecule has 1 amide bonds. The van der Waals surface area contributed by atoms with Gasteiger partial charge >= 0.3 is 0 Å². The Morgan fingerprint density at radius 3 is 2.62 bits per heavy atom. The predicted molar refractivity (Wildman–Crippen MR) is 140 cm³/mol. The van der Waals surface area contributed by atoms with Gasteiger partial charge in [0.2, 0.25) is 11.1 Å². The number of fused-ring (bicyclic) bond motifs is 1. The molecule has 178 valence electrons. The van der Waals surface area contributed by atoms with Gasteiger partial charge in [-0.1, -0.05) is 75.4 Å². The zero-order valence-corrected chi connectivity index (χ0v) is 21.4. The van der Waals surface area contributed by atoms with Crippen molar-refractivity contribution in [3.63, 3.8) is 0 Å². The summed E-state index contributed by atoms with van der Waals surface area (Å²) in [6, 6.07) is 16.0. The van der Waals surface area contributed by atoms with E-state index in [-0.39, 0.29) is 11.9 Å². The molecule has 2 aromatic carbocycles. The number of aryl methyl sites for hydroxylation is 1. The average molecular weight is 476 g/mol. The van der Waals surface area contributed by atoms with E-state index in [2.05, 4.69) is 55.7 Å². The van der Waals surface area contributed by atoms with Crippen LogP contribution < -0.4 is 10.6 Å². The topological polar surface area (TPSA) is 71.8 Å². The number of carbonyl (C=O) groups excluding carboxylic acids is 1. The zero-order valence-electron chi connectivity index (χ0n) is 20.6. The molecule has 0 spiro atoms. The van der Waals surface area contributed by atoms with E-state index < -0.39 is 0 Å². The first kappa shape index (κ1) is 24.1. The van der Waals surface area contributed by atoms with Crippen molar-refractivity contribution in [1.29, 1.82) is 0 Å². The van der Waals surface area contributed by atoms with Gasteiger partial charge in [0.1, 0.15) is 6.04 Å². The van der Waals surface area contributed by atoms with Crippen LogP contribution in [0.15, 0.2) is 65.0 Å². The first-order valence-electron chi connectivity index (χ1n) is 11.9. The molecule has 3 aromatic rings. The van der Waals surface area contributed by atoms with E-state index in [0.717, 1.165) is 46.3 Å². The molecule has 0 radical (unpaired) electrons. The van der Waals surface area contributed by atoms with Gasteiger partial charge in [0.15, 0.2) is 0 Å². The molecule has 1 aliphatic rings. The number of nitrogens with zero attached hydrogens (tertiary/aromatic N) is 3. The van der Waals surface area contributed by atoms with Crippen LogP contribution in [0.2, 0.25) is 0 Å². The quantitative estimate of drug-likeness (QED) is 0.286. The van der Waals surface area contributed by atoms with Gasteiger partial charge < -0.3 is 10.6 Å². The van der Waals surface area contributed by atoms with E-state index in [1.807, 2.05) is 42.8 Å². The van der Waals surface area contributed by atoms with Gasteiger partial charge in [-0.05, 0) is 55.0 Å². The molecule has 1 atom stereocenters. The van der Waals surface area contributed by atoms with Crippen molar-refractivity contribution in [3.05, 3.63) is 76.5 Å². The smallest absolute Gasteiger partial charge is 0.255 e. The molecule has 4 rings (SSSR count). The SMILES string of the molecule is CCCCSc1nc2n(n1)C(c1ccc(C(C)C)cc1)C(C(=O)Nc1cccc(C)c1)=C(C)N2. The molecule has 6 nitrogen and oxygen atoms in total. The number of hydrogen-bond donors (Lipinski definition) is 2. The number of aromatic nitrogens is 3. The van der Waals surface area contributed by atoms with Crippen molar-refractivity contribution >= 4 is 29.3 Å². The third-order valence-electron chi connectivity index (χ3n) is 6.00. The number of allylic oxidation sites excluding steroid dienone is 1. The van der Waals surface area contributed by atoms with Crippen LogP contribution in [0.4, 0.5) is 11.6 Å². The van der Waals surface area contributed by atoms with Crippen molar-refractivity contribution in [1.82, 2.24) is 14.8 Å². The summed E-state index contributed by atoms with van der Waals surface area (Å²) in [6.45, 7) is 10.5. The Balaban J connectivity index is 1.73. The molecule has 0 fully saturated rings. The number of anilines is 2. The number of thioether (sulfide) groups is 1. The Bertz CT molecular complexity index is 1200. The molecule has 2 N–H and O–H groups in total. The van der Waals surface area contributed by atoms with Gasteiger partial charge in [0, 0.05) is 17.1 Å². The molecule has 0 aliphatic carbocycles. The minimum Gasteiger partial charge on any atom is -0.328 e. The minimum atomic E-state index is -0.365. The molecule has 0 saturated heterocycles. The number of unbranched alkanes of at least 4 members (excludes halogenated alkanes) is 1.